The summed E-state index contributed by atoms with van der Waals surface area (Å²) >= 11 is 7.04. The fraction of sp³-hybridized carbons (Fsp3) is 0.273. The fourth-order valence-corrected chi connectivity index (χ4v) is 2.59. The summed E-state index contributed by atoms with van der Waals surface area (Å²) in [4.78, 5) is 22.3. The summed E-state index contributed by atoms with van der Waals surface area (Å²) < 4.78 is 7.26. The molecular formula is C11H10ClNO3S. The van der Waals surface area contributed by atoms with Crippen LogP contribution in [0.3, 0.4) is 0 Å². The molecule has 0 unspecified atom stereocenters. The zero-order valence-corrected chi connectivity index (χ0v) is 10.7. The summed E-state index contributed by atoms with van der Waals surface area (Å²) in [5.74, 6) is -0.351. The number of hydrogen-bond acceptors (Lipinski definition) is 4. The molecule has 2 aromatic rings. The normalized spacial score (nSPS) is 10.7. The Bertz CT molecular complexity index is 617. The first kappa shape index (κ1) is 12.1. The molecule has 17 heavy (non-hydrogen) atoms. The Balaban J connectivity index is 2.32. The van der Waals surface area contributed by atoms with E-state index in [0.29, 0.717) is 11.6 Å². The molecule has 4 nitrogen and oxygen atoms in total. The Morgan fingerprint density at radius 3 is 3.00 bits per heavy atom. The second-order valence-corrected chi connectivity index (χ2v) is 4.90. The molecule has 0 bridgehead atoms. The van der Waals surface area contributed by atoms with Crippen LogP contribution in [0.15, 0.2) is 23.0 Å². The van der Waals surface area contributed by atoms with E-state index >= 15 is 0 Å². The summed E-state index contributed by atoms with van der Waals surface area (Å²) in [6, 6.07) is 5.30. The number of carbonyl (C=O) groups is 1. The highest BCUT2D eigenvalue weighted by molar-refractivity contribution is 7.16. The average Bonchev–Trinajstić information content (AvgIpc) is 2.55. The van der Waals surface area contributed by atoms with Gasteiger partial charge in [-0.05, 0) is 18.2 Å². The van der Waals surface area contributed by atoms with Crippen molar-refractivity contribution in [3.05, 3.63) is 32.9 Å². The molecule has 0 atom stereocenters. The second kappa shape index (κ2) is 4.89. The molecule has 0 saturated carbocycles. The lowest BCUT2D eigenvalue weighted by molar-refractivity contribution is -0.141. The Hall–Kier alpha value is -1.33. The molecule has 0 spiro atoms. The summed E-state index contributed by atoms with van der Waals surface area (Å²) in [5, 5.41) is 0.580. The van der Waals surface area contributed by atoms with Crippen LogP contribution in [0.5, 0.6) is 0 Å². The Morgan fingerprint density at radius 1 is 1.53 bits per heavy atom. The number of fused-ring (bicyclic) bond motifs is 1. The lowest BCUT2D eigenvalue weighted by Gasteiger charge is -2.04. The van der Waals surface area contributed by atoms with Gasteiger partial charge in [-0.25, -0.2) is 0 Å². The molecule has 0 aliphatic rings. The predicted molar refractivity (Wildman–Crippen MR) is 67.7 cm³/mol. The lowest BCUT2D eigenvalue weighted by Crippen LogP contribution is -2.17. The third-order valence-corrected chi connectivity index (χ3v) is 3.44. The van der Waals surface area contributed by atoms with E-state index in [0.717, 1.165) is 21.6 Å². The molecule has 0 saturated heterocycles. The van der Waals surface area contributed by atoms with Crippen molar-refractivity contribution in [2.75, 3.05) is 6.61 Å². The van der Waals surface area contributed by atoms with E-state index in [1.165, 1.54) is 6.92 Å². The monoisotopic (exact) mass is 271 g/mol. The van der Waals surface area contributed by atoms with Crippen molar-refractivity contribution in [1.82, 2.24) is 4.57 Å². The van der Waals surface area contributed by atoms with E-state index < -0.39 is 0 Å². The van der Waals surface area contributed by atoms with Crippen LogP contribution in [0.2, 0.25) is 5.02 Å². The molecule has 2 rings (SSSR count). The van der Waals surface area contributed by atoms with Gasteiger partial charge in [0.15, 0.2) is 0 Å². The standard InChI is InChI=1S/C11H10ClNO3S/c1-7(14)16-5-4-13-9-6-8(12)2-3-10(9)17-11(13)15/h2-3,6H,4-5H2,1H3. The highest BCUT2D eigenvalue weighted by Crippen LogP contribution is 2.21. The third-order valence-electron chi connectivity index (χ3n) is 2.25. The number of halogens is 1. The van der Waals surface area contributed by atoms with Gasteiger partial charge in [-0.15, -0.1) is 0 Å². The molecule has 0 amide bonds. The smallest absolute Gasteiger partial charge is 0.308 e. The molecule has 0 aliphatic carbocycles. The summed E-state index contributed by atoms with van der Waals surface area (Å²) in [6.45, 7) is 1.87. The van der Waals surface area contributed by atoms with Crippen molar-refractivity contribution >= 4 is 39.1 Å². The molecule has 1 heterocycles. The first-order valence-corrected chi connectivity index (χ1v) is 6.19. The lowest BCUT2D eigenvalue weighted by atomic mass is 10.3. The molecule has 0 aliphatic heterocycles. The van der Waals surface area contributed by atoms with Crippen LogP contribution in [0.4, 0.5) is 0 Å². The van der Waals surface area contributed by atoms with Crippen molar-refractivity contribution in [2.45, 2.75) is 13.5 Å². The minimum absolute atomic E-state index is 0.0746. The maximum absolute atomic E-state index is 11.7. The van der Waals surface area contributed by atoms with Crippen LogP contribution in [0, 0.1) is 0 Å². The molecule has 1 aromatic carbocycles. The van der Waals surface area contributed by atoms with Gasteiger partial charge in [-0.1, -0.05) is 22.9 Å². The highest BCUT2D eigenvalue weighted by Gasteiger charge is 2.08. The Morgan fingerprint density at radius 2 is 2.29 bits per heavy atom. The number of nitrogens with zero attached hydrogens (tertiary/aromatic N) is 1. The Kier molecular flexibility index (Phi) is 3.49. The number of rotatable bonds is 3. The maximum atomic E-state index is 11.7. The zero-order chi connectivity index (χ0) is 12.4. The van der Waals surface area contributed by atoms with Gasteiger partial charge in [0.05, 0.1) is 16.8 Å². The van der Waals surface area contributed by atoms with E-state index in [2.05, 4.69) is 0 Å². The number of hydrogen-bond donors (Lipinski definition) is 0. The van der Waals surface area contributed by atoms with Crippen LogP contribution in [0.1, 0.15) is 6.92 Å². The van der Waals surface area contributed by atoms with Gasteiger partial charge in [-0.2, -0.15) is 0 Å². The minimum atomic E-state index is -0.351. The maximum Gasteiger partial charge on any atom is 0.308 e. The van der Waals surface area contributed by atoms with Crippen molar-refractivity contribution in [1.29, 1.82) is 0 Å². The Labute approximate surface area is 106 Å². The van der Waals surface area contributed by atoms with Crippen LogP contribution in [0.25, 0.3) is 10.2 Å². The molecule has 0 N–H and O–H groups in total. The first-order valence-electron chi connectivity index (χ1n) is 5.00. The number of carbonyl (C=O) groups excluding carboxylic acids is 1. The summed E-state index contributed by atoms with van der Waals surface area (Å²) in [5.41, 5.74) is 0.777. The molecule has 0 fully saturated rings. The van der Waals surface area contributed by atoms with Crippen LogP contribution >= 0.6 is 22.9 Å². The topological polar surface area (TPSA) is 48.3 Å². The van der Waals surface area contributed by atoms with Crippen molar-refractivity contribution < 1.29 is 9.53 Å². The third kappa shape index (κ3) is 2.68. The van der Waals surface area contributed by atoms with Crippen molar-refractivity contribution in [3.63, 3.8) is 0 Å². The fourth-order valence-electron chi connectivity index (χ4n) is 1.53. The molecule has 1 aromatic heterocycles. The quantitative estimate of drug-likeness (QED) is 0.805. The van der Waals surface area contributed by atoms with Gasteiger partial charge in [-0.3, -0.25) is 14.2 Å². The van der Waals surface area contributed by atoms with Crippen molar-refractivity contribution in [3.8, 4) is 0 Å². The van der Waals surface area contributed by atoms with Gasteiger partial charge in [0.25, 0.3) is 0 Å². The van der Waals surface area contributed by atoms with Crippen LogP contribution in [-0.2, 0) is 16.1 Å². The molecule has 90 valence electrons. The van der Waals surface area contributed by atoms with Gasteiger partial charge in [0.1, 0.15) is 6.61 Å². The number of aromatic nitrogens is 1. The van der Waals surface area contributed by atoms with E-state index in [4.69, 9.17) is 16.3 Å². The minimum Gasteiger partial charge on any atom is -0.464 e. The number of esters is 1. The number of benzene rings is 1. The van der Waals surface area contributed by atoms with E-state index in [-0.39, 0.29) is 17.4 Å². The van der Waals surface area contributed by atoms with Gasteiger partial charge < -0.3 is 4.74 Å². The van der Waals surface area contributed by atoms with Crippen LogP contribution in [-0.4, -0.2) is 17.1 Å². The van der Waals surface area contributed by atoms with E-state index in [9.17, 15) is 9.59 Å². The van der Waals surface area contributed by atoms with Crippen LogP contribution < -0.4 is 4.87 Å². The summed E-state index contributed by atoms with van der Waals surface area (Å²) in [7, 11) is 0. The van der Waals surface area contributed by atoms with E-state index in [1.54, 1.807) is 16.7 Å². The highest BCUT2D eigenvalue weighted by atomic mass is 35.5. The van der Waals surface area contributed by atoms with E-state index in [1.807, 2.05) is 6.07 Å². The summed E-state index contributed by atoms with van der Waals surface area (Å²) in [6.07, 6.45) is 0. The molecule has 0 radical (unpaired) electrons. The van der Waals surface area contributed by atoms with Gasteiger partial charge in [0, 0.05) is 11.9 Å². The number of thiazole rings is 1. The van der Waals surface area contributed by atoms with Crippen molar-refractivity contribution in [2.24, 2.45) is 0 Å². The number of ether oxygens (including phenoxy) is 1. The molecule has 6 heteroatoms. The second-order valence-electron chi connectivity index (χ2n) is 3.47. The molecular weight excluding hydrogens is 262 g/mol. The first-order chi connectivity index (χ1) is 8.08. The van der Waals surface area contributed by atoms with Gasteiger partial charge >= 0.3 is 10.8 Å². The predicted octanol–water partition coefficient (Wildman–Crippen LogP) is 2.28. The largest absolute Gasteiger partial charge is 0.464 e. The zero-order valence-electron chi connectivity index (χ0n) is 9.10. The SMILES string of the molecule is CC(=O)OCCn1c(=O)sc2ccc(Cl)cc21. The average molecular weight is 272 g/mol. The van der Waals surface area contributed by atoms with Gasteiger partial charge in [0.2, 0.25) is 0 Å².